The molecule has 0 saturated heterocycles. The van der Waals surface area contributed by atoms with Gasteiger partial charge in [-0.1, -0.05) is 5.11 Å². The molecule has 0 fully saturated rings. The van der Waals surface area contributed by atoms with Crippen LogP contribution in [0.2, 0.25) is 0 Å². The molecule has 0 aliphatic rings. The van der Waals surface area contributed by atoms with Crippen LogP contribution in [0.25, 0.3) is 21.4 Å². The molecule has 0 amide bonds. The van der Waals surface area contributed by atoms with Gasteiger partial charge < -0.3 is 9.15 Å². The topological polar surface area (TPSA) is 88.2 Å². The first kappa shape index (κ1) is 11.0. The third kappa shape index (κ3) is 2.21. The zero-order valence-electron chi connectivity index (χ0n) is 9.08. The van der Waals surface area contributed by atoms with Gasteiger partial charge in [0.1, 0.15) is 11.3 Å². The standard InChI is InChI=1S/C11H9N3O3/c1-2-16-7-3-4-10-8(5-7)9(13-14-12)6-11(15)17-10/h3-6H,2H2,1H3. The maximum absolute atomic E-state index is 11.2. The zero-order chi connectivity index (χ0) is 12.3. The highest BCUT2D eigenvalue weighted by atomic mass is 16.5. The average molecular weight is 231 g/mol. The predicted molar refractivity (Wildman–Crippen MR) is 62.5 cm³/mol. The fraction of sp³-hybridized carbons (Fsp3) is 0.182. The lowest BCUT2D eigenvalue weighted by molar-refractivity contribution is 0.340. The summed E-state index contributed by atoms with van der Waals surface area (Å²) in [6.45, 7) is 2.39. The molecule has 0 N–H and O–H groups in total. The van der Waals surface area contributed by atoms with Crippen molar-refractivity contribution in [3.8, 4) is 5.75 Å². The van der Waals surface area contributed by atoms with Gasteiger partial charge in [-0.2, -0.15) is 0 Å². The predicted octanol–water partition coefficient (Wildman–Crippen LogP) is 3.13. The fourth-order valence-electron chi connectivity index (χ4n) is 1.51. The summed E-state index contributed by atoms with van der Waals surface area (Å²) in [6.07, 6.45) is 0. The Morgan fingerprint density at radius 1 is 1.47 bits per heavy atom. The number of benzene rings is 1. The van der Waals surface area contributed by atoms with Crippen LogP contribution in [0.4, 0.5) is 5.69 Å². The number of hydrogen-bond donors (Lipinski definition) is 0. The molecule has 0 bridgehead atoms. The quantitative estimate of drug-likeness (QED) is 0.351. The second-order valence-electron chi connectivity index (χ2n) is 3.23. The second-order valence-corrected chi connectivity index (χ2v) is 3.23. The van der Waals surface area contributed by atoms with E-state index in [-0.39, 0.29) is 5.69 Å². The van der Waals surface area contributed by atoms with Crippen molar-refractivity contribution in [3.63, 3.8) is 0 Å². The Labute approximate surface area is 96.1 Å². The van der Waals surface area contributed by atoms with E-state index in [1.54, 1.807) is 18.2 Å². The zero-order valence-corrected chi connectivity index (χ0v) is 9.08. The highest BCUT2D eigenvalue weighted by molar-refractivity contribution is 5.89. The molecular formula is C11H9N3O3. The molecular weight excluding hydrogens is 222 g/mol. The molecule has 6 nitrogen and oxygen atoms in total. The first-order valence-electron chi connectivity index (χ1n) is 5.00. The third-order valence-electron chi connectivity index (χ3n) is 2.16. The van der Waals surface area contributed by atoms with Crippen LogP contribution in [0.5, 0.6) is 5.75 Å². The molecule has 1 aromatic carbocycles. The van der Waals surface area contributed by atoms with Crippen molar-refractivity contribution in [1.29, 1.82) is 0 Å². The van der Waals surface area contributed by atoms with Crippen LogP contribution in [0, 0.1) is 0 Å². The summed E-state index contributed by atoms with van der Waals surface area (Å²) in [7, 11) is 0. The van der Waals surface area contributed by atoms with E-state index in [2.05, 4.69) is 10.0 Å². The van der Waals surface area contributed by atoms with Crippen molar-refractivity contribution in [2.75, 3.05) is 6.61 Å². The van der Waals surface area contributed by atoms with Gasteiger partial charge in [-0.05, 0) is 30.7 Å². The van der Waals surface area contributed by atoms with Gasteiger partial charge >= 0.3 is 5.63 Å². The Morgan fingerprint density at radius 3 is 3.00 bits per heavy atom. The Hall–Kier alpha value is -2.46. The minimum Gasteiger partial charge on any atom is -0.494 e. The van der Waals surface area contributed by atoms with E-state index in [0.29, 0.717) is 23.3 Å². The minimum atomic E-state index is -0.552. The lowest BCUT2D eigenvalue weighted by Gasteiger charge is -2.04. The largest absolute Gasteiger partial charge is 0.494 e. The number of hydrogen-bond acceptors (Lipinski definition) is 4. The average Bonchev–Trinajstić information content (AvgIpc) is 2.30. The van der Waals surface area contributed by atoms with E-state index in [0.717, 1.165) is 6.07 Å². The minimum absolute atomic E-state index is 0.236. The molecule has 0 atom stereocenters. The Kier molecular flexibility index (Phi) is 2.98. The molecule has 1 heterocycles. The summed E-state index contributed by atoms with van der Waals surface area (Å²) in [5.74, 6) is 0.628. The van der Waals surface area contributed by atoms with Gasteiger partial charge in [0, 0.05) is 16.4 Å². The third-order valence-corrected chi connectivity index (χ3v) is 2.16. The van der Waals surface area contributed by atoms with Crippen molar-refractivity contribution < 1.29 is 9.15 Å². The van der Waals surface area contributed by atoms with Gasteiger partial charge in [0.05, 0.1) is 12.3 Å². The first-order valence-corrected chi connectivity index (χ1v) is 5.00. The normalized spacial score (nSPS) is 9.94. The molecule has 0 saturated carbocycles. The SMILES string of the molecule is CCOc1ccc2oc(=O)cc(N=[N+]=[N-])c2c1. The molecule has 6 heteroatoms. The fourth-order valence-corrected chi connectivity index (χ4v) is 1.51. The molecule has 86 valence electrons. The van der Waals surface area contributed by atoms with Crippen LogP contribution in [0.3, 0.4) is 0 Å². The van der Waals surface area contributed by atoms with Crippen LogP contribution in [-0.2, 0) is 0 Å². The van der Waals surface area contributed by atoms with Gasteiger partial charge in [0.2, 0.25) is 0 Å². The number of ether oxygens (including phenoxy) is 1. The molecule has 17 heavy (non-hydrogen) atoms. The van der Waals surface area contributed by atoms with Gasteiger partial charge in [-0.15, -0.1) is 0 Å². The highest BCUT2D eigenvalue weighted by Crippen LogP contribution is 2.28. The van der Waals surface area contributed by atoms with Crippen molar-refractivity contribution in [2.45, 2.75) is 6.92 Å². The van der Waals surface area contributed by atoms with E-state index < -0.39 is 5.63 Å². The molecule has 0 unspecified atom stereocenters. The Morgan fingerprint density at radius 2 is 2.29 bits per heavy atom. The highest BCUT2D eigenvalue weighted by Gasteiger charge is 2.05. The number of nitrogens with zero attached hydrogens (tertiary/aromatic N) is 3. The van der Waals surface area contributed by atoms with E-state index in [4.69, 9.17) is 14.7 Å². The number of fused-ring (bicyclic) bond motifs is 1. The molecule has 0 radical (unpaired) electrons. The molecule has 0 aliphatic carbocycles. The summed E-state index contributed by atoms with van der Waals surface area (Å²) in [6, 6.07) is 6.12. The second kappa shape index (κ2) is 4.59. The molecule has 1 aromatic heterocycles. The lowest BCUT2D eigenvalue weighted by Crippen LogP contribution is -1.96. The van der Waals surface area contributed by atoms with Crippen LogP contribution < -0.4 is 10.4 Å². The molecule has 0 spiro atoms. The lowest BCUT2D eigenvalue weighted by atomic mass is 10.2. The molecule has 0 aliphatic heterocycles. The van der Waals surface area contributed by atoms with E-state index in [1.807, 2.05) is 6.92 Å². The molecule has 2 aromatic rings. The maximum Gasteiger partial charge on any atom is 0.336 e. The van der Waals surface area contributed by atoms with Crippen molar-refractivity contribution >= 4 is 16.7 Å². The van der Waals surface area contributed by atoms with Crippen molar-refractivity contribution in [2.24, 2.45) is 5.11 Å². The van der Waals surface area contributed by atoms with Crippen LogP contribution in [0.15, 0.2) is 38.6 Å². The van der Waals surface area contributed by atoms with Crippen molar-refractivity contribution in [1.82, 2.24) is 0 Å². The van der Waals surface area contributed by atoms with Crippen molar-refractivity contribution in [3.05, 3.63) is 45.1 Å². The maximum atomic E-state index is 11.2. The van der Waals surface area contributed by atoms with Gasteiger partial charge in [0.15, 0.2) is 0 Å². The first-order chi connectivity index (χ1) is 8.24. The summed E-state index contributed by atoms with van der Waals surface area (Å²) >= 11 is 0. The van der Waals surface area contributed by atoms with Crippen LogP contribution in [0.1, 0.15) is 6.92 Å². The van der Waals surface area contributed by atoms with Crippen LogP contribution in [-0.4, -0.2) is 6.61 Å². The van der Waals surface area contributed by atoms with Gasteiger partial charge in [-0.3, -0.25) is 0 Å². The Bertz CT molecular complexity index is 657. The summed E-state index contributed by atoms with van der Waals surface area (Å²) in [4.78, 5) is 13.9. The van der Waals surface area contributed by atoms with E-state index in [9.17, 15) is 4.79 Å². The van der Waals surface area contributed by atoms with E-state index >= 15 is 0 Å². The summed E-state index contributed by atoms with van der Waals surface area (Å²) in [5.41, 5.74) is 8.49. The monoisotopic (exact) mass is 231 g/mol. The van der Waals surface area contributed by atoms with Gasteiger partial charge in [-0.25, -0.2) is 4.79 Å². The summed E-state index contributed by atoms with van der Waals surface area (Å²) < 4.78 is 10.3. The van der Waals surface area contributed by atoms with Gasteiger partial charge in [0.25, 0.3) is 0 Å². The number of azide groups is 1. The smallest absolute Gasteiger partial charge is 0.336 e. The Balaban J connectivity index is 2.73. The summed E-state index contributed by atoms with van der Waals surface area (Å²) in [5, 5.41) is 4.01. The molecule has 2 rings (SSSR count). The van der Waals surface area contributed by atoms with Crippen LogP contribution >= 0.6 is 0 Å². The van der Waals surface area contributed by atoms with E-state index in [1.165, 1.54) is 0 Å². The number of rotatable bonds is 3.